The van der Waals surface area contributed by atoms with Crippen molar-refractivity contribution in [2.24, 2.45) is 5.41 Å². The summed E-state index contributed by atoms with van der Waals surface area (Å²) in [4.78, 5) is 39.0. The molecule has 2 aliphatic rings. The lowest BCUT2D eigenvalue weighted by Gasteiger charge is -2.51. The Balaban J connectivity index is 2.05. The Hall–Kier alpha value is -2.86. The van der Waals surface area contributed by atoms with Crippen LogP contribution in [0.1, 0.15) is 58.4 Å². The Morgan fingerprint density at radius 1 is 1.04 bits per heavy atom. The maximum absolute atomic E-state index is 13.7. The molecule has 0 aromatic heterocycles. The Bertz CT molecular complexity index is 935. The SMILES string of the molecule is CC[C@@]1(O)CC[C@H]([N+](=O)[O-])[C@@H](c2ccccc2)C12C(=O)c1ccccc1C2=O. The number of carbonyl (C=O) groups excluding carboxylic acids is 2. The number of nitrogens with zero attached hydrogens (tertiary/aromatic N) is 1. The van der Waals surface area contributed by atoms with E-state index in [0.29, 0.717) is 5.56 Å². The fourth-order valence-corrected chi connectivity index (χ4v) is 5.26. The number of nitro groups is 1. The molecule has 6 heteroatoms. The zero-order valence-corrected chi connectivity index (χ0v) is 15.5. The quantitative estimate of drug-likeness (QED) is 0.501. The average Bonchev–Trinajstić information content (AvgIpc) is 2.94. The molecule has 144 valence electrons. The predicted octanol–water partition coefficient (Wildman–Crippen LogP) is 3.42. The van der Waals surface area contributed by atoms with E-state index in [1.165, 1.54) is 0 Å². The molecule has 28 heavy (non-hydrogen) atoms. The molecule has 2 aliphatic carbocycles. The summed E-state index contributed by atoms with van der Waals surface area (Å²) in [6.07, 6.45) is 0.297. The zero-order valence-electron chi connectivity index (χ0n) is 15.5. The number of carbonyl (C=O) groups is 2. The van der Waals surface area contributed by atoms with Gasteiger partial charge in [-0.25, -0.2) is 0 Å². The molecule has 1 N–H and O–H groups in total. The molecule has 2 aromatic carbocycles. The second-order valence-corrected chi connectivity index (χ2v) is 7.68. The maximum atomic E-state index is 13.7. The maximum Gasteiger partial charge on any atom is 0.221 e. The van der Waals surface area contributed by atoms with Crippen LogP contribution in [0.3, 0.4) is 0 Å². The van der Waals surface area contributed by atoms with E-state index in [0.717, 1.165) is 0 Å². The van der Waals surface area contributed by atoms with Crippen LogP contribution in [0.2, 0.25) is 0 Å². The standard InChI is InChI=1S/C22H21NO5/c1-2-21(26)13-12-17(23(27)28)18(14-8-4-3-5-9-14)22(21)19(24)15-10-6-7-11-16(15)20(22)25/h3-11,17-18,26H,2,12-13H2,1H3/t17-,18+,21+/m0/s1. The summed E-state index contributed by atoms with van der Waals surface area (Å²) in [7, 11) is 0. The van der Waals surface area contributed by atoms with Crippen LogP contribution in [0.5, 0.6) is 0 Å². The van der Waals surface area contributed by atoms with Crippen molar-refractivity contribution in [2.75, 3.05) is 0 Å². The van der Waals surface area contributed by atoms with Gasteiger partial charge in [-0.1, -0.05) is 61.5 Å². The number of hydrogen-bond acceptors (Lipinski definition) is 5. The molecular formula is C22H21NO5. The third kappa shape index (κ3) is 2.18. The van der Waals surface area contributed by atoms with Crippen LogP contribution in [0.15, 0.2) is 54.6 Å². The van der Waals surface area contributed by atoms with Gasteiger partial charge >= 0.3 is 0 Å². The van der Waals surface area contributed by atoms with Gasteiger partial charge in [0.05, 0.1) is 11.5 Å². The summed E-state index contributed by atoms with van der Waals surface area (Å²) in [5, 5.41) is 23.6. The number of Topliss-reactive ketones (excluding diaryl/α,β-unsaturated/α-hetero) is 2. The van der Waals surface area contributed by atoms with Gasteiger partial charge in [0.1, 0.15) is 5.41 Å². The first-order valence-corrected chi connectivity index (χ1v) is 9.48. The minimum atomic E-state index is -1.89. The van der Waals surface area contributed by atoms with Gasteiger partial charge in [-0.05, 0) is 18.4 Å². The van der Waals surface area contributed by atoms with Crippen molar-refractivity contribution in [2.45, 2.75) is 43.7 Å². The van der Waals surface area contributed by atoms with E-state index in [-0.39, 0.29) is 30.4 Å². The minimum Gasteiger partial charge on any atom is -0.388 e. The highest BCUT2D eigenvalue weighted by Crippen LogP contribution is 2.60. The van der Waals surface area contributed by atoms with Gasteiger partial charge in [0.25, 0.3) is 0 Å². The number of fused-ring (bicyclic) bond motifs is 1. The molecular weight excluding hydrogens is 358 g/mol. The minimum absolute atomic E-state index is 0.0317. The van der Waals surface area contributed by atoms with Crippen molar-refractivity contribution in [3.63, 3.8) is 0 Å². The monoisotopic (exact) mass is 379 g/mol. The molecule has 0 bridgehead atoms. The molecule has 0 radical (unpaired) electrons. The Morgan fingerprint density at radius 2 is 1.57 bits per heavy atom. The smallest absolute Gasteiger partial charge is 0.221 e. The van der Waals surface area contributed by atoms with Gasteiger partial charge in [0.15, 0.2) is 11.6 Å². The summed E-state index contributed by atoms with van der Waals surface area (Å²) in [6.45, 7) is 1.72. The summed E-state index contributed by atoms with van der Waals surface area (Å²) < 4.78 is 0. The second kappa shape index (κ2) is 6.34. The van der Waals surface area contributed by atoms with Crippen molar-refractivity contribution < 1.29 is 19.6 Å². The van der Waals surface area contributed by atoms with Gasteiger partial charge in [-0.3, -0.25) is 19.7 Å². The van der Waals surface area contributed by atoms with Crippen LogP contribution in [0.4, 0.5) is 0 Å². The predicted molar refractivity (Wildman–Crippen MR) is 102 cm³/mol. The topological polar surface area (TPSA) is 97.5 Å². The second-order valence-electron chi connectivity index (χ2n) is 7.68. The number of ketones is 2. The van der Waals surface area contributed by atoms with E-state index < -0.39 is 39.5 Å². The van der Waals surface area contributed by atoms with Crippen LogP contribution < -0.4 is 0 Å². The molecule has 0 amide bonds. The van der Waals surface area contributed by atoms with Crippen LogP contribution in [-0.2, 0) is 0 Å². The van der Waals surface area contributed by atoms with E-state index in [2.05, 4.69) is 0 Å². The van der Waals surface area contributed by atoms with Gasteiger partial charge in [-0.2, -0.15) is 0 Å². The number of hydrogen-bond donors (Lipinski definition) is 1. The molecule has 1 saturated carbocycles. The Morgan fingerprint density at radius 3 is 2.07 bits per heavy atom. The largest absolute Gasteiger partial charge is 0.388 e. The van der Waals surface area contributed by atoms with Crippen LogP contribution in [0, 0.1) is 15.5 Å². The van der Waals surface area contributed by atoms with Gasteiger partial charge in [-0.15, -0.1) is 0 Å². The first-order chi connectivity index (χ1) is 13.4. The lowest BCUT2D eigenvalue weighted by atomic mass is 9.51. The Kier molecular flexibility index (Phi) is 4.19. The van der Waals surface area contributed by atoms with Crippen molar-refractivity contribution in [1.29, 1.82) is 0 Å². The van der Waals surface area contributed by atoms with E-state index in [1.807, 2.05) is 0 Å². The fraction of sp³-hybridized carbons (Fsp3) is 0.364. The zero-order chi connectivity index (χ0) is 20.1. The summed E-state index contributed by atoms with van der Waals surface area (Å²) >= 11 is 0. The van der Waals surface area contributed by atoms with E-state index >= 15 is 0 Å². The summed E-state index contributed by atoms with van der Waals surface area (Å²) in [5.41, 5.74) is -2.52. The van der Waals surface area contributed by atoms with Gasteiger partial charge in [0, 0.05) is 22.5 Å². The molecule has 0 heterocycles. The van der Waals surface area contributed by atoms with E-state index in [9.17, 15) is 24.8 Å². The van der Waals surface area contributed by atoms with E-state index in [1.54, 1.807) is 61.5 Å². The molecule has 0 aliphatic heterocycles. The summed E-state index contributed by atoms with van der Waals surface area (Å²) in [5.74, 6) is -2.04. The lowest BCUT2D eigenvalue weighted by Crippen LogP contribution is -2.64. The third-order valence-electron chi connectivity index (χ3n) is 6.59. The van der Waals surface area contributed by atoms with Crippen molar-refractivity contribution >= 4 is 11.6 Å². The van der Waals surface area contributed by atoms with Crippen molar-refractivity contribution in [3.05, 3.63) is 81.4 Å². The van der Waals surface area contributed by atoms with Gasteiger partial charge < -0.3 is 5.11 Å². The molecule has 0 saturated heterocycles. The highest BCUT2D eigenvalue weighted by molar-refractivity contribution is 6.31. The molecule has 1 spiro atoms. The van der Waals surface area contributed by atoms with Crippen molar-refractivity contribution in [3.8, 4) is 0 Å². The van der Waals surface area contributed by atoms with E-state index in [4.69, 9.17) is 0 Å². The highest BCUT2D eigenvalue weighted by Gasteiger charge is 2.73. The first kappa shape index (κ1) is 18.5. The summed E-state index contributed by atoms with van der Waals surface area (Å²) in [6, 6.07) is 14.0. The number of benzene rings is 2. The molecule has 6 nitrogen and oxygen atoms in total. The molecule has 0 unspecified atom stereocenters. The molecule has 4 rings (SSSR count). The first-order valence-electron chi connectivity index (χ1n) is 9.48. The number of rotatable bonds is 3. The normalized spacial score (nSPS) is 28.4. The lowest BCUT2D eigenvalue weighted by molar-refractivity contribution is -0.535. The fourth-order valence-electron chi connectivity index (χ4n) is 5.26. The third-order valence-corrected chi connectivity index (χ3v) is 6.59. The van der Waals surface area contributed by atoms with Crippen molar-refractivity contribution in [1.82, 2.24) is 0 Å². The van der Waals surface area contributed by atoms with Crippen LogP contribution >= 0.6 is 0 Å². The highest BCUT2D eigenvalue weighted by atomic mass is 16.6. The molecule has 2 aromatic rings. The van der Waals surface area contributed by atoms with Gasteiger partial charge in [0.2, 0.25) is 6.04 Å². The molecule has 1 fully saturated rings. The van der Waals surface area contributed by atoms with Crippen LogP contribution in [-0.4, -0.2) is 33.2 Å². The van der Waals surface area contributed by atoms with Crippen LogP contribution in [0.25, 0.3) is 0 Å². The molecule has 3 atom stereocenters. The number of aliphatic hydroxyl groups is 1. The average molecular weight is 379 g/mol. The Labute approximate surface area is 162 Å².